The molecule has 50 nitrogen and oxygen atoms in total. The molecule has 15 aliphatic heterocycles. The molecule has 127 heavy (non-hydrogen) atoms. The number of ether oxygens (including phenoxy) is 19. The molecule has 0 radical (unpaired) electrons. The van der Waals surface area contributed by atoms with Gasteiger partial charge in [-0.2, -0.15) is 52.6 Å². The summed E-state index contributed by atoms with van der Waals surface area (Å²) in [5.41, 5.74) is -2.42. The Morgan fingerprint density at radius 2 is 0.874 bits per heavy atom. The standard InChI is InChI=1S/C18H22O12S.2C14H16O10S.2C13H13NO8S/c1-10(2)16(22)26-7-13(21)28-14-15-18(4-5-25-9-19)12(31(23,24)29-15)6-17(14,30-18)8-27-11(3)20;1-6(2)12(16)21-5-8(15)23-9-7-4-14(13(17)20-3)11(22-7)10(9)24-25(14,18)19;1-5(2)13(16)21-4-6(15)22-9-8-7(14(17)20-3)12-11(23-8)10(9)24-25(12,18)19;1-6(2)12(16)19-4-8(15)21-9-7-3-13(5-14)11(20-7)10(9)22-23(13,17)18;1-5(2)13(16)19-4-7(15)20-9-8-6(3-14)12-11(21-8)10(9)22-23(12,17)18/h9,12,14-15H,1,4-8H2,2-3H3;7,9-11H,1,4-5H2,2-3H3;7-12H,1,4H2,2-3H3;7,9-11H,1,3-4H2,2H3;6,8-12H,1,4H2,2H3. The van der Waals surface area contributed by atoms with E-state index < -0.39 is 326 Å². The van der Waals surface area contributed by atoms with E-state index in [1.54, 1.807) is 6.07 Å². The number of hydrogen-bond acceptors (Lipinski definition) is 50. The quantitative estimate of drug-likeness (QED) is 0.0177. The summed E-state index contributed by atoms with van der Waals surface area (Å²) in [5, 5.41) is 15.0. The predicted molar refractivity (Wildman–Crippen MR) is 395 cm³/mol. The third-order valence-corrected chi connectivity index (χ3v) is 31.2. The molecular formula is C72H80N2O48S5. The fraction of sp³-hybridized carbons (Fsp3) is 0.639. The van der Waals surface area contributed by atoms with Gasteiger partial charge in [0.25, 0.3) is 57.1 Å². The molecule has 0 aliphatic carbocycles. The van der Waals surface area contributed by atoms with Gasteiger partial charge in [-0.1, -0.05) is 32.9 Å². The first-order valence-electron chi connectivity index (χ1n) is 37.5. The lowest BCUT2D eigenvalue weighted by Gasteiger charge is -2.33. The normalized spacial score (nSPS) is 36.8. The van der Waals surface area contributed by atoms with Gasteiger partial charge in [-0.25, -0.2) is 47.9 Å². The first-order chi connectivity index (χ1) is 59.2. The van der Waals surface area contributed by atoms with E-state index in [0.29, 0.717) is 0 Å². The molecular weight excluding hydrogens is 1820 g/mol. The van der Waals surface area contributed by atoms with Crippen LogP contribution in [0.15, 0.2) is 60.8 Å². The molecule has 0 amide bonds. The minimum Gasteiger partial charge on any atom is -0.469 e. The Kier molecular flexibility index (Phi) is 27.8. The summed E-state index contributed by atoms with van der Waals surface area (Å²) in [6.45, 7) is 21.3. The molecule has 15 saturated heterocycles. The molecule has 15 heterocycles. The number of rotatable bonds is 28. The van der Waals surface area contributed by atoms with Crippen LogP contribution in [-0.4, -0.2) is 333 Å². The molecule has 0 saturated carbocycles. The zero-order valence-electron chi connectivity index (χ0n) is 67.7. The second-order valence-electron chi connectivity index (χ2n) is 30.7. The molecule has 10 bridgehead atoms. The van der Waals surface area contributed by atoms with Crippen molar-refractivity contribution in [1.82, 2.24) is 0 Å². The van der Waals surface area contributed by atoms with Crippen molar-refractivity contribution in [3.05, 3.63) is 60.8 Å². The van der Waals surface area contributed by atoms with Gasteiger partial charge < -0.3 is 90.0 Å². The van der Waals surface area contributed by atoms with Gasteiger partial charge in [0.1, 0.15) is 119 Å². The van der Waals surface area contributed by atoms with Crippen molar-refractivity contribution < 1.29 is 220 Å². The highest BCUT2D eigenvalue weighted by Crippen LogP contribution is 2.63. The highest BCUT2D eigenvalue weighted by atomic mass is 32.2. The summed E-state index contributed by atoms with van der Waals surface area (Å²) in [6, 6.07) is 3.63. The van der Waals surface area contributed by atoms with E-state index in [0.717, 1.165) is 21.1 Å². The van der Waals surface area contributed by atoms with Crippen LogP contribution in [0.4, 0.5) is 0 Å². The van der Waals surface area contributed by atoms with Gasteiger partial charge >= 0.3 is 77.6 Å². The van der Waals surface area contributed by atoms with Crippen molar-refractivity contribution >= 4 is 135 Å². The van der Waals surface area contributed by atoms with Crippen molar-refractivity contribution in [2.45, 2.75) is 214 Å². The number of esters is 13. The molecule has 15 fully saturated rings. The molecule has 0 aromatic rings. The average molecular weight is 1900 g/mol. The van der Waals surface area contributed by atoms with Crippen molar-refractivity contribution in [2.24, 2.45) is 11.8 Å². The highest BCUT2D eigenvalue weighted by Gasteiger charge is 2.83. The lowest BCUT2D eigenvalue weighted by molar-refractivity contribution is -0.177. The van der Waals surface area contributed by atoms with Crippen molar-refractivity contribution in [3.8, 4) is 12.1 Å². The third-order valence-electron chi connectivity index (χ3n) is 22.3. The zero-order valence-corrected chi connectivity index (χ0v) is 71.8. The maximum atomic E-state index is 12.6. The van der Waals surface area contributed by atoms with Crippen LogP contribution in [0.5, 0.6) is 0 Å². The van der Waals surface area contributed by atoms with Crippen molar-refractivity contribution in [3.63, 3.8) is 0 Å². The second kappa shape index (κ2) is 36.3. The van der Waals surface area contributed by atoms with Crippen LogP contribution in [0.2, 0.25) is 0 Å². The molecule has 0 spiro atoms. The van der Waals surface area contributed by atoms with Gasteiger partial charge in [0.15, 0.2) is 63.6 Å². The van der Waals surface area contributed by atoms with E-state index in [1.165, 1.54) is 34.6 Å². The maximum Gasteiger partial charge on any atom is 0.344 e. The molecule has 27 unspecified atom stereocenters. The minimum absolute atomic E-state index is 0.0547. The lowest BCUT2D eigenvalue weighted by atomic mass is 9.76. The van der Waals surface area contributed by atoms with E-state index in [1.807, 2.05) is 6.07 Å². The summed E-state index contributed by atoms with van der Waals surface area (Å²) in [5.74, 6) is -12.9. The molecule has 15 aliphatic rings. The molecule has 0 aromatic carbocycles. The number of fused-ring (bicyclic) bond motifs is 5. The molecule has 27 atom stereocenters. The second-order valence-corrected chi connectivity index (χ2v) is 39.6. The zero-order chi connectivity index (χ0) is 94.0. The lowest BCUT2D eigenvalue weighted by Crippen LogP contribution is -2.55. The van der Waals surface area contributed by atoms with E-state index in [2.05, 4.69) is 61.3 Å². The smallest absolute Gasteiger partial charge is 0.344 e. The summed E-state index contributed by atoms with van der Waals surface area (Å²) in [7, 11) is -18.3. The van der Waals surface area contributed by atoms with Crippen LogP contribution in [0, 0.1) is 34.5 Å². The molecule has 55 heteroatoms. The number of carbonyl (C=O) groups is 14. The van der Waals surface area contributed by atoms with Gasteiger partial charge in [-0.05, 0) is 34.6 Å². The number of hydrogen-bond donors (Lipinski definition) is 0. The minimum atomic E-state index is -4.30. The van der Waals surface area contributed by atoms with E-state index in [4.69, 9.17) is 87.8 Å². The molecule has 15 rings (SSSR count). The maximum absolute atomic E-state index is 12.6. The number of carbonyl (C=O) groups excluding carboxylic acids is 14. The van der Waals surface area contributed by atoms with Gasteiger partial charge in [-0.15, -0.1) is 0 Å². The van der Waals surface area contributed by atoms with Crippen LogP contribution in [0.3, 0.4) is 0 Å². The van der Waals surface area contributed by atoms with Crippen LogP contribution in [-0.2, 0) is 229 Å². The SMILES string of the molecule is C=C(C)C(=O)OCC(=O)OC1C2CC3(C#N)C(O2)C1OS3(=O)=O.C=C(C)C(=O)OCC(=O)OC1C2CC3(C(=O)OC)C(O2)C1OS3(=O)=O.C=C(C)C(=O)OCC(=O)OC1C2OC3C1OS(=O)(=O)C3C2C#N.C=C(C)C(=O)OCC(=O)OC1C2OS(=O)(=O)C3C2OC1C3C(=O)OC.C=C(C)C(=O)OCC(=O)OC1C2OS(=O)(=O)C3CC1(COC(C)=O)OC23CCOC=O. The van der Waals surface area contributed by atoms with Gasteiger partial charge in [0.05, 0.1) is 38.9 Å². The topological polar surface area (TPSA) is 679 Å². The molecule has 0 N–H and O–H groups in total. The van der Waals surface area contributed by atoms with Crippen LogP contribution in [0.1, 0.15) is 67.2 Å². The third kappa shape index (κ3) is 17.8. The Morgan fingerprint density at radius 3 is 1.32 bits per heavy atom. The number of nitriles is 2. The van der Waals surface area contributed by atoms with E-state index >= 15 is 0 Å². The Balaban J connectivity index is 0.000000155. The monoisotopic (exact) mass is 1900 g/mol. The highest BCUT2D eigenvalue weighted by molar-refractivity contribution is 7.89. The van der Waals surface area contributed by atoms with E-state index in [9.17, 15) is 114 Å². The van der Waals surface area contributed by atoms with Gasteiger partial charge in [-0.3, -0.25) is 40.1 Å². The van der Waals surface area contributed by atoms with Gasteiger partial charge in [0.2, 0.25) is 9.49 Å². The summed E-state index contributed by atoms with van der Waals surface area (Å²) >= 11 is 0. The largest absolute Gasteiger partial charge is 0.469 e. The Bertz CT molecular complexity index is 5380. The average Bonchev–Trinajstić information content (AvgIpc) is 1.50. The Morgan fingerprint density at radius 1 is 0.449 bits per heavy atom. The molecule has 0 aromatic heterocycles. The van der Waals surface area contributed by atoms with Crippen LogP contribution >= 0.6 is 0 Å². The molecule has 696 valence electrons. The number of methoxy groups -OCH3 is 2. The summed E-state index contributed by atoms with van der Waals surface area (Å²) in [6.07, 6.45) is -18.9. The number of nitrogens with zero attached hydrogens (tertiary/aromatic N) is 2. The summed E-state index contributed by atoms with van der Waals surface area (Å²) in [4.78, 5) is 162. The summed E-state index contributed by atoms with van der Waals surface area (Å²) < 4.78 is 239. The van der Waals surface area contributed by atoms with Crippen molar-refractivity contribution in [1.29, 1.82) is 10.5 Å². The van der Waals surface area contributed by atoms with Gasteiger partial charge in [0, 0.05) is 60.5 Å². The van der Waals surface area contributed by atoms with Crippen LogP contribution < -0.4 is 0 Å². The first-order valence-corrected chi connectivity index (χ1v) is 44.7. The van der Waals surface area contributed by atoms with Crippen LogP contribution in [0.25, 0.3) is 0 Å². The van der Waals surface area contributed by atoms with Crippen molar-refractivity contribution in [2.75, 3.05) is 60.5 Å². The van der Waals surface area contributed by atoms with E-state index in [-0.39, 0.29) is 66.6 Å². The Labute approximate surface area is 720 Å². The fourth-order valence-corrected chi connectivity index (χ4v) is 25.9. The Hall–Kier alpha value is -10.4. The fourth-order valence-electron chi connectivity index (χ4n) is 16.9. The predicted octanol–water partition coefficient (Wildman–Crippen LogP) is -5.12. The first kappa shape index (κ1) is 97.2.